The third-order valence-corrected chi connectivity index (χ3v) is 3.37. The van der Waals surface area contributed by atoms with Gasteiger partial charge < -0.3 is 15.2 Å². The summed E-state index contributed by atoms with van der Waals surface area (Å²) in [5.41, 5.74) is 8.10. The number of ether oxygens (including phenoxy) is 2. The van der Waals surface area contributed by atoms with Gasteiger partial charge in [0, 0.05) is 5.69 Å². The summed E-state index contributed by atoms with van der Waals surface area (Å²) in [6.45, 7) is 0.207. The second-order valence-corrected chi connectivity index (χ2v) is 5.22. The van der Waals surface area contributed by atoms with Gasteiger partial charge in [-0.25, -0.2) is 4.79 Å². The zero-order chi connectivity index (χ0) is 17.4. The molecule has 3 N–H and O–H groups in total. The number of carbonyl (C=O) groups excluding carboxylic acids is 2. The predicted molar refractivity (Wildman–Crippen MR) is 97.6 cm³/mol. The number of nitrogens with one attached hydrogen (secondary N) is 1. The first-order chi connectivity index (χ1) is 11.6. The van der Waals surface area contributed by atoms with Gasteiger partial charge >= 0.3 is 12.1 Å². The second-order valence-electron chi connectivity index (χ2n) is 5.22. The van der Waals surface area contributed by atoms with Crippen molar-refractivity contribution in [3.8, 4) is 0 Å². The molecule has 0 saturated carbocycles. The lowest BCUT2D eigenvalue weighted by Gasteiger charge is -2.10. The van der Waals surface area contributed by atoms with Crippen LogP contribution < -0.4 is 11.1 Å². The lowest BCUT2D eigenvalue weighted by Crippen LogP contribution is -2.33. The van der Waals surface area contributed by atoms with Crippen LogP contribution in [0.1, 0.15) is 11.1 Å². The van der Waals surface area contributed by atoms with Crippen LogP contribution in [-0.2, 0) is 27.3 Å². The van der Waals surface area contributed by atoms with Gasteiger partial charge in [0.15, 0.2) is 0 Å². The van der Waals surface area contributed by atoms with E-state index in [9.17, 15) is 9.59 Å². The SMILES string of the molecule is COC(=O)[C@@H](N)Cc1ccc(NC(=O)OCc2ccccc2)cc1.Cl. The number of anilines is 1. The summed E-state index contributed by atoms with van der Waals surface area (Å²) in [6, 6.07) is 15.8. The van der Waals surface area contributed by atoms with Gasteiger partial charge in [-0.2, -0.15) is 0 Å². The number of methoxy groups -OCH3 is 1. The Labute approximate surface area is 152 Å². The number of esters is 1. The maximum atomic E-state index is 11.8. The van der Waals surface area contributed by atoms with E-state index in [4.69, 9.17) is 10.5 Å². The fourth-order valence-electron chi connectivity index (χ4n) is 2.09. The van der Waals surface area contributed by atoms with Crippen molar-refractivity contribution < 1.29 is 19.1 Å². The third kappa shape index (κ3) is 6.82. The van der Waals surface area contributed by atoms with Crippen LogP contribution in [0, 0.1) is 0 Å². The van der Waals surface area contributed by atoms with Gasteiger partial charge in [0.2, 0.25) is 0 Å². The van der Waals surface area contributed by atoms with Crippen molar-refractivity contribution in [3.05, 3.63) is 65.7 Å². The molecule has 2 rings (SSSR count). The van der Waals surface area contributed by atoms with Gasteiger partial charge in [0.25, 0.3) is 0 Å². The summed E-state index contributed by atoms with van der Waals surface area (Å²) < 4.78 is 9.73. The van der Waals surface area contributed by atoms with Crippen molar-refractivity contribution in [1.29, 1.82) is 0 Å². The maximum Gasteiger partial charge on any atom is 0.411 e. The van der Waals surface area contributed by atoms with Gasteiger partial charge in [-0.3, -0.25) is 10.1 Å². The van der Waals surface area contributed by atoms with Crippen LogP contribution in [0.25, 0.3) is 0 Å². The van der Waals surface area contributed by atoms with Gasteiger partial charge in [-0.1, -0.05) is 42.5 Å². The fourth-order valence-corrected chi connectivity index (χ4v) is 2.09. The van der Waals surface area contributed by atoms with Gasteiger partial charge in [-0.05, 0) is 29.7 Å². The van der Waals surface area contributed by atoms with Crippen molar-refractivity contribution in [2.45, 2.75) is 19.1 Å². The Balaban J connectivity index is 0.00000312. The molecule has 0 fully saturated rings. The first-order valence-corrected chi connectivity index (χ1v) is 7.48. The first kappa shape index (κ1) is 20.5. The molecule has 0 aliphatic rings. The average Bonchev–Trinajstić information content (AvgIpc) is 2.61. The highest BCUT2D eigenvalue weighted by molar-refractivity contribution is 5.85. The van der Waals surface area contributed by atoms with Crippen LogP contribution in [0.3, 0.4) is 0 Å². The molecule has 134 valence electrons. The number of amides is 1. The fraction of sp³-hybridized carbons (Fsp3) is 0.222. The Morgan fingerprint density at radius 3 is 2.28 bits per heavy atom. The molecule has 25 heavy (non-hydrogen) atoms. The molecule has 0 aliphatic heterocycles. The molecule has 2 aromatic carbocycles. The largest absolute Gasteiger partial charge is 0.468 e. The first-order valence-electron chi connectivity index (χ1n) is 7.48. The van der Waals surface area contributed by atoms with Gasteiger partial charge in [-0.15, -0.1) is 12.4 Å². The maximum absolute atomic E-state index is 11.8. The molecule has 0 spiro atoms. The Hall–Kier alpha value is -2.57. The summed E-state index contributed by atoms with van der Waals surface area (Å²) >= 11 is 0. The number of halogens is 1. The highest BCUT2D eigenvalue weighted by Gasteiger charge is 2.14. The number of hydrogen-bond acceptors (Lipinski definition) is 5. The molecule has 0 radical (unpaired) electrons. The van der Waals surface area contributed by atoms with Gasteiger partial charge in [0.1, 0.15) is 12.6 Å². The lowest BCUT2D eigenvalue weighted by atomic mass is 10.1. The van der Waals surface area contributed by atoms with Crippen molar-refractivity contribution >= 4 is 30.2 Å². The third-order valence-electron chi connectivity index (χ3n) is 3.37. The van der Waals surface area contributed by atoms with E-state index < -0.39 is 18.1 Å². The average molecular weight is 365 g/mol. The summed E-state index contributed by atoms with van der Waals surface area (Å²) in [6.07, 6.45) is -0.163. The zero-order valence-corrected chi connectivity index (χ0v) is 14.6. The molecular formula is C18H21ClN2O4. The van der Waals surface area contributed by atoms with E-state index in [1.54, 1.807) is 24.3 Å². The molecule has 0 bridgehead atoms. The number of rotatable bonds is 6. The molecule has 0 aliphatic carbocycles. The van der Waals surface area contributed by atoms with Crippen molar-refractivity contribution in [1.82, 2.24) is 0 Å². The van der Waals surface area contributed by atoms with Crippen molar-refractivity contribution in [3.63, 3.8) is 0 Å². The van der Waals surface area contributed by atoms with E-state index in [2.05, 4.69) is 10.1 Å². The summed E-state index contributed by atoms with van der Waals surface area (Å²) in [4.78, 5) is 23.1. The molecule has 2 aromatic rings. The van der Waals surface area contributed by atoms with Crippen LogP contribution in [0.5, 0.6) is 0 Å². The van der Waals surface area contributed by atoms with E-state index in [1.165, 1.54) is 7.11 Å². The van der Waals surface area contributed by atoms with Crippen LogP contribution >= 0.6 is 12.4 Å². The molecular weight excluding hydrogens is 344 g/mol. The number of nitrogens with two attached hydrogens (primary N) is 1. The minimum atomic E-state index is -0.704. The Bertz CT molecular complexity index is 677. The monoisotopic (exact) mass is 364 g/mol. The molecule has 1 atom stereocenters. The Kier molecular flexibility index (Phi) is 8.46. The van der Waals surface area contributed by atoms with E-state index in [0.29, 0.717) is 12.1 Å². The number of hydrogen-bond donors (Lipinski definition) is 2. The van der Waals surface area contributed by atoms with E-state index >= 15 is 0 Å². The predicted octanol–water partition coefficient (Wildman–Crippen LogP) is 2.90. The Morgan fingerprint density at radius 1 is 1.04 bits per heavy atom. The quantitative estimate of drug-likeness (QED) is 0.769. The van der Waals surface area contributed by atoms with E-state index in [1.807, 2.05) is 30.3 Å². The molecule has 1 amide bonds. The normalized spacial score (nSPS) is 11.0. The minimum absolute atomic E-state index is 0. The second kappa shape index (κ2) is 10.3. The molecule has 0 saturated heterocycles. The zero-order valence-electron chi connectivity index (χ0n) is 13.8. The van der Waals surface area contributed by atoms with Gasteiger partial charge in [0.05, 0.1) is 7.11 Å². The lowest BCUT2D eigenvalue weighted by molar-refractivity contribution is -0.142. The summed E-state index contributed by atoms with van der Waals surface area (Å²) in [5.74, 6) is -0.457. The standard InChI is InChI=1S/C18H20N2O4.ClH/c1-23-17(21)16(19)11-13-7-9-15(10-8-13)20-18(22)24-12-14-5-3-2-4-6-14;/h2-10,16H,11-12,19H2,1H3,(H,20,22);1H/t16-;/m0./s1. The summed E-state index contributed by atoms with van der Waals surface area (Å²) in [5, 5.41) is 2.64. The molecule has 0 aromatic heterocycles. The number of benzene rings is 2. The minimum Gasteiger partial charge on any atom is -0.468 e. The van der Waals surface area contributed by atoms with Crippen LogP contribution in [-0.4, -0.2) is 25.2 Å². The smallest absolute Gasteiger partial charge is 0.411 e. The molecule has 6 nitrogen and oxygen atoms in total. The van der Waals surface area contributed by atoms with Crippen LogP contribution in [0.2, 0.25) is 0 Å². The van der Waals surface area contributed by atoms with Crippen molar-refractivity contribution in [2.75, 3.05) is 12.4 Å². The summed E-state index contributed by atoms with van der Waals surface area (Å²) in [7, 11) is 1.30. The highest BCUT2D eigenvalue weighted by Crippen LogP contribution is 2.12. The van der Waals surface area contributed by atoms with E-state index in [0.717, 1.165) is 11.1 Å². The Morgan fingerprint density at radius 2 is 1.68 bits per heavy atom. The van der Waals surface area contributed by atoms with Crippen LogP contribution in [0.15, 0.2) is 54.6 Å². The number of carbonyl (C=O) groups is 2. The van der Waals surface area contributed by atoms with E-state index in [-0.39, 0.29) is 19.0 Å². The van der Waals surface area contributed by atoms with Crippen molar-refractivity contribution in [2.24, 2.45) is 5.73 Å². The van der Waals surface area contributed by atoms with Crippen LogP contribution in [0.4, 0.5) is 10.5 Å². The highest BCUT2D eigenvalue weighted by atomic mass is 35.5. The molecule has 7 heteroatoms. The topological polar surface area (TPSA) is 90.6 Å². The molecule has 0 heterocycles. The molecule has 0 unspecified atom stereocenters.